The number of nitrogen functional groups attached to an aromatic ring is 1. The van der Waals surface area contributed by atoms with Crippen LogP contribution in [-0.2, 0) is 4.74 Å². The summed E-state index contributed by atoms with van der Waals surface area (Å²) in [6.45, 7) is 1.59. The Balaban J connectivity index is 2.15. The van der Waals surface area contributed by atoms with Crippen molar-refractivity contribution in [1.29, 1.82) is 0 Å². The lowest BCUT2D eigenvalue weighted by Gasteiger charge is -2.16. The van der Waals surface area contributed by atoms with Crippen molar-refractivity contribution in [2.45, 2.75) is 31.5 Å². The van der Waals surface area contributed by atoms with Crippen LogP contribution >= 0.6 is 11.3 Å². The number of fused-ring (bicyclic) bond motifs is 1. The second-order valence-corrected chi connectivity index (χ2v) is 5.90. The predicted octanol–water partition coefficient (Wildman–Crippen LogP) is -1.55. The van der Waals surface area contributed by atoms with Gasteiger partial charge in [-0.2, -0.15) is 9.97 Å². The molecular weight excluding hydrogens is 328 g/mol. The Hall–Kier alpha value is -1.79. The summed E-state index contributed by atoms with van der Waals surface area (Å²) < 4.78 is 12.2. The highest BCUT2D eigenvalue weighted by Gasteiger charge is 2.44. The van der Waals surface area contributed by atoms with Gasteiger partial charge in [-0.05, 0) is 6.92 Å². The van der Waals surface area contributed by atoms with Gasteiger partial charge in [-0.15, -0.1) is 0 Å². The van der Waals surface area contributed by atoms with Crippen LogP contribution in [0, 0.1) is 0 Å². The fourth-order valence-electron chi connectivity index (χ4n) is 2.46. The molecule has 4 atom stereocenters. The average Bonchev–Trinajstić information content (AvgIpc) is 2.97. The van der Waals surface area contributed by atoms with Crippen LogP contribution in [-0.4, -0.2) is 61.4 Å². The van der Waals surface area contributed by atoms with Crippen molar-refractivity contribution >= 4 is 27.6 Å². The zero-order valence-corrected chi connectivity index (χ0v) is 12.9. The molecular formula is C12H16N4O6S. The maximum atomic E-state index is 12.3. The first-order valence-corrected chi connectivity index (χ1v) is 7.73. The van der Waals surface area contributed by atoms with E-state index in [4.69, 9.17) is 20.3 Å². The number of ether oxygens (including phenoxy) is 2. The molecule has 0 spiro atoms. The third-order valence-electron chi connectivity index (χ3n) is 3.50. The monoisotopic (exact) mass is 344 g/mol. The van der Waals surface area contributed by atoms with Crippen molar-refractivity contribution in [2.75, 3.05) is 18.9 Å². The molecule has 0 aromatic carbocycles. The van der Waals surface area contributed by atoms with Crippen molar-refractivity contribution in [3.63, 3.8) is 0 Å². The van der Waals surface area contributed by atoms with Crippen LogP contribution < -0.4 is 15.3 Å². The van der Waals surface area contributed by atoms with Crippen molar-refractivity contribution in [1.82, 2.24) is 14.5 Å². The molecule has 2 aromatic heterocycles. The third-order valence-corrected chi connectivity index (χ3v) is 4.43. The Morgan fingerprint density at radius 3 is 2.74 bits per heavy atom. The van der Waals surface area contributed by atoms with Crippen LogP contribution in [0.1, 0.15) is 13.2 Å². The molecule has 2 aromatic rings. The fourth-order valence-corrected chi connectivity index (χ4v) is 3.35. The molecule has 0 amide bonds. The topological polar surface area (TPSA) is 153 Å². The maximum Gasteiger partial charge on any atom is 0.311 e. The van der Waals surface area contributed by atoms with E-state index in [1.807, 2.05) is 0 Å². The van der Waals surface area contributed by atoms with E-state index in [1.165, 1.54) is 0 Å². The van der Waals surface area contributed by atoms with E-state index >= 15 is 0 Å². The first-order chi connectivity index (χ1) is 11.0. The van der Waals surface area contributed by atoms with Gasteiger partial charge < -0.3 is 30.5 Å². The smallest absolute Gasteiger partial charge is 0.311 e. The standard InChI is InChI=1S/C12H16N4O6S/c1-2-21-9-7-8(14-11(13)15-9)16(12(20)23-7)10-6(19)5(18)4(3-17)22-10/h4-6,10,17-19H,2-3H2,1H3,(H2,13,14,15)/t4-,5-,6-,10+/m1/s1. The Labute approximate surface area is 133 Å². The quantitative estimate of drug-likeness (QED) is 0.516. The summed E-state index contributed by atoms with van der Waals surface area (Å²) in [4.78, 5) is 19.8. The zero-order valence-electron chi connectivity index (χ0n) is 12.1. The summed E-state index contributed by atoms with van der Waals surface area (Å²) in [5, 5.41) is 29.1. The van der Waals surface area contributed by atoms with E-state index in [-0.39, 0.29) is 17.5 Å². The van der Waals surface area contributed by atoms with Gasteiger partial charge in [0.25, 0.3) is 0 Å². The molecule has 1 aliphatic rings. The Kier molecular flexibility index (Phi) is 4.21. The van der Waals surface area contributed by atoms with Crippen LogP contribution in [0.5, 0.6) is 5.88 Å². The molecule has 3 rings (SSSR count). The van der Waals surface area contributed by atoms with E-state index in [0.717, 1.165) is 15.9 Å². The minimum absolute atomic E-state index is 0.0979. The first-order valence-electron chi connectivity index (χ1n) is 6.91. The lowest BCUT2D eigenvalue weighted by Crippen LogP contribution is -2.34. The zero-order chi connectivity index (χ0) is 16.7. The van der Waals surface area contributed by atoms with E-state index < -0.39 is 36.0 Å². The molecule has 1 saturated heterocycles. The van der Waals surface area contributed by atoms with Crippen molar-refractivity contribution in [3.8, 4) is 5.88 Å². The summed E-state index contributed by atoms with van der Waals surface area (Å²) in [7, 11) is 0. The molecule has 126 valence electrons. The minimum Gasteiger partial charge on any atom is -0.477 e. The number of aliphatic hydroxyl groups excluding tert-OH is 3. The summed E-state index contributed by atoms with van der Waals surface area (Å²) in [5.74, 6) is 0.0711. The molecule has 1 fully saturated rings. The molecule has 0 aliphatic carbocycles. The van der Waals surface area contributed by atoms with Crippen molar-refractivity contribution in [3.05, 3.63) is 9.67 Å². The number of thiazole rings is 1. The number of aliphatic hydroxyl groups is 3. The minimum atomic E-state index is -1.39. The number of rotatable bonds is 4. The molecule has 0 radical (unpaired) electrons. The largest absolute Gasteiger partial charge is 0.477 e. The number of hydrogen-bond acceptors (Lipinski definition) is 10. The van der Waals surface area contributed by atoms with Gasteiger partial charge in [-0.25, -0.2) is 0 Å². The molecule has 0 unspecified atom stereocenters. The predicted molar refractivity (Wildman–Crippen MR) is 80.3 cm³/mol. The summed E-state index contributed by atoms with van der Waals surface area (Å²) >= 11 is 0.820. The van der Waals surface area contributed by atoms with Gasteiger partial charge in [0.15, 0.2) is 11.9 Å². The normalized spacial score (nSPS) is 27.7. The summed E-state index contributed by atoms with van der Waals surface area (Å²) in [6, 6.07) is 0. The molecule has 0 saturated carbocycles. The van der Waals surface area contributed by atoms with Gasteiger partial charge >= 0.3 is 4.87 Å². The van der Waals surface area contributed by atoms with Crippen LogP contribution in [0.15, 0.2) is 4.79 Å². The highest BCUT2D eigenvalue weighted by Crippen LogP contribution is 2.33. The highest BCUT2D eigenvalue weighted by atomic mass is 32.1. The number of aromatic nitrogens is 3. The SMILES string of the molecule is CCOc1nc(N)nc2c1sc(=O)n2[C@H]1O[C@H](CO)[C@@H](O)[C@H]1O. The van der Waals surface area contributed by atoms with E-state index in [9.17, 15) is 15.0 Å². The molecule has 11 heteroatoms. The number of hydrogen-bond donors (Lipinski definition) is 4. The number of anilines is 1. The first kappa shape index (κ1) is 16.1. The fraction of sp³-hybridized carbons (Fsp3) is 0.583. The summed E-state index contributed by atoms with van der Waals surface area (Å²) in [6.07, 6.45) is -4.90. The molecule has 0 bridgehead atoms. The number of nitrogens with zero attached hydrogens (tertiary/aromatic N) is 3. The molecule has 5 N–H and O–H groups in total. The van der Waals surface area contributed by atoms with Gasteiger partial charge in [-0.1, -0.05) is 11.3 Å². The lowest BCUT2D eigenvalue weighted by molar-refractivity contribution is -0.0518. The van der Waals surface area contributed by atoms with Crippen LogP contribution in [0.25, 0.3) is 10.3 Å². The molecule has 10 nitrogen and oxygen atoms in total. The third kappa shape index (κ3) is 2.56. The van der Waals surface area contributed by atoms with Gasteiger partial charge in [0.1, 0.15) is 23.0 Å². The lowest BCUT2D eigenvalue weighted by atomic mass is 10.1. The summed E-state index contributed by atoms with van der Waals surface area (Å²) in [5.41, 5.74) is 5.79. The average molecular weight is 344 g/mol. The van der Waals surface area contributed by atoms with Crippen LogP contribution in [0.3, 0.4) is 0 Å². The van der Waals surface area contributed by atoms with Crippen LogP contribution in [0.2, 0.25) is 0 Å². The van der Waals surface area contributed by atoms with Gasteiger partial charge in [0.05, 0.1) is 13.2 Å². The van der Waals surface area contributed by atoms with Gasteiger partial charge in [0.2, 0.25) is 11.8 Å². The van der Waals surface area contributed by atoms with E-state index in [1.54, 1.807) is 6.92 Å². The molecule has 3 heterocycles. The molecule has 1 aliphatic heterocycles. The Morgan fingerprint density at radius 1 is 1.39 bits per heavy atom. The second kappa shape index (κ2) is 6.02. The molecule has 23 heavy (non-hydrogen) atoms. The van der Waals surface area contributed by atoms with E-state index in [0.29, 0.717) is 11.3 Å². The van der Waals surface area contributed by atoms with Crippen LogP contribution in [0.4, 0.5) is 5.95 Å². The van der Waals surface area contributed by atoms with E-state index in [2.05, 4.69) is 9.97 Å². The maximum absolute atomic E-state index is 12.3. The number of nitrogens with two attached hydrogens (primary N) is 1. The van der Waals surface area contributed by atoms with Crippen molar-refractivity contribution < 1.29 is 24.8 Å². The Morgan fingerprint density at radius 2 is 2.13 bits per heavy atom. The second-order valence-electron chi connectivity index (χ2n) is 4.94. The Bertz CT molecular complexity index is 777. The van der Waals surface area contributed by atoms with Gasteiger partial charge in [0, 0.05) is 0 Å². The highest BCUT2D eigenvalue weighted by molar-refractivity contribution is 7.16. The van der Waals surface area contributed by atoms with Crippen molar-refractivity contribution in [2.24, 2.45) is 0 Å². The van der Waals surface area contributed by atoms with Gasteiger partial charge in [-0.3, -0.25) is 9.36 Å².